The van der Waals surface area contributed by atoms with E-state index in [2.05, 4.69) is 39.0 Å². The van der Waals surface area contributed by atoms with Gasteiger partial charge in [0.1, 0.15) is 16.5 Å². The minimum Gasteiger partial charge on any atom is -0.455 e. The van der Waals surface area contributed by atoms with Crippen LogP contribution in [0, 0.1) is 23.7 Å². The van der Waals surface area contributed by atoms with Gasteiger partial charge in [0, 0.05) is 69.0 Å². The van der Waals surface area contributed by atoms with Crippen molar-refractivity contribution < 1.29 is 23.9 Å². The van der Waals surface area contributed by atoms with Crippen molar-refractivity contribution in [3.63, 3.8) is 0 Å². The van der Waals surface area contributed by atoms with Crippen molar-refractivity contribution in [2.24, 2.45) is 23.7 Å². The van der Waals surface area contributed by atoms with Crippen molar-refractivity contribution in [1.29, 1.82) is 0 Å². The highest BCUT2D eigenvalue weighted by Gasteiger charge is 2.40. The van der Waals surface area contributed by atoms with Gasteiger partial charge in [-0.1, -0.05) is 40.5 Å². The summed E-state index contributed by atoms with van der Waals surface area (Å²) >= 11 is 1.27. The van der Waals surface area contributed by atoms with Crippen LogP contribution in [0.1, 0.15) is 120 Å². The molecule has 5 atom stereocenters. The van der Waals surface area contributed by atoms with Gasteiger partial charge in [0.2, 0.25) is 5.91 Å². The smallest absolute Gasteiger partial charge is 0.303 e. The first-order valence-corrected chi connectivity index (χ1v) is 18.9. The quantitative estimate of drug-likeness (QED) is 0.208. The topological polar surface area (TPSA) is 135 Å². The molecule has 0 aromatic carbocycles. The number of piperidine rings is 1. The van der Waals surface area contributed by atoms with Crippen LogP contribution in [-0.2, 0) is 25.5 Å². The molecule has 2 aromatic heterocycles. The average molecular weight is 697 g/mol. The number of nitrogens with one attached hydrogen (secondary N) is 1. The van der Waals surface area contributed by atoms with E-state index in [1.807, 2.05) is 27.9 Å². The molecule has 1 saturated heterocycles. The summed E-state index contributed by atoms with van der Waals surface area (Å²) in [6.45, 7) is 10.6. The van der Waals surface area contributed by atoms with E-state index in [-0.39, 0.29) is 65.6 Å². The minimum absolute atomic E-state index is 0.0189. The fourth-order valence-corrected chi connectivity index (χ4v) is 8.11. The van der Waals surface area contributed by atoms with Crippen LogP contribution >= 0.6 is 11.3 Å². The summed E-state index contributed by atoms with van der Waals surface area (Å²) in [6, 6.07) is 1.18. The van der Waals surface area contributed by atoms with Crippen LogP contribution in [0.2, 0.25) is 0 Å². The van der Waals surface area contributed by atoms with Crippen molar-refractivity contribution in [2.45, 2.75) is 123 Å². The number of likely N-dealkylation sites (tertiary alicyclic amines) is 1. The van der Waals surface area contributed by atoms with Crippen LogP contribution in [0.5, 0.6) is 0 Å². The second-order valence-corrected chi connectivity index (χ2v) is 15.7. The molecule has 1 aliphatic heterocycles. The van der Waals surface area contributed by atoms with Crippen LogP contribution in [0.25, 0.3) is 0 Å². The number of aromatic nitrogens is 3. The Morgan fingerprint density at radius 1 is 1.04 bits per heavy atom. The molecule has 2 aliphatic rings. The van der Waals surface area contributed by atoms with Crippen molar-refractivity contribution in [1.82, 2.24) is 30.1 Å². The van der Waals surface area contributed by atoms with E-state index in [1.54, 1.807) is 28.7 Å². The summed E-state index contributed by atoms with van der Waals surface area (Å²) in [7, 11) is 3.82. The van der Waals surface area contributed by atoms with Gasteiger partial charge in [0.15, 0.2) is 11.9 Å². The number of nitrogens with zero attached hydrogens (tertiary/aromatic N) is 5. The van der Waals surface area contributed by atoms with Crippen LogP contribution in [-0.4, -0.2) is 87.1 Å². The van der Waals surface area contributed by atoms with Gasteiger partial charge in [-0.2, -0.15) is 0 Å². The Balaban J connectivity index is 1.49. The maximum Gasteiger partial charge on any atom is 0.303 e. The second kappa shape index (κ2) is 18.1. The van der Waals surface area contributed by atoms with E-state index in [1.165, 1.54) is 18.3 Å². The number of rotatable bonds is 17. The third kappa shape index (κ3) is 10.9. The first kappa shape index (κ1) is 38.6. The molecule has 0 spiro atoms. The maximum absolute atomic E-state index is 14.2. The van der Waals surface area contributed by atoms with Crippen molar-refractivity contribution in [3.8, 4) is 0 Å². The molecule has 1 aliphatic carbocycles. The molecule has 3 heterocycles. The molecule has 1 saturated carbocycles. The fraction of sp³-hybridized carbons (Fsp3) is 0.703. The van der Waals surface area contributed by atoms with E-state index in [0.717, 1.165) is 51.5 Å². The molecule has 270 valence electrons. The van der Waals surface area contributed by atoms with Crippen LogP contribution in [0.4, 0.5) is 0 Å². The number of amides is 2. The Morgan fingerprint density at radius 2 is 1.76 bits per heavy atom. The van der Waals surface area contributed by atoms with E-state index in [4.69, 9.17) is 4.74 Å². The van der Waals surface area contributed by atoms with Crippen LogP contribution in [0.15, 0.2) is 23.8 Å². The molecular formula is C37H56N6O5S. The summed E-state index contributed by atoms with van der Waals surface area (Å²) in [5, 5.41) is 5.30. The van der Waals surface area contributed by atoms with E-state index >= 15 is 0 Å². The number of ether oxygens (including phenoxy) is 1. The number of hydrogen-bond donors (Lipinski definition) is 1. The molecule has 2 fully saturated rings. The highest BCUT2D eigenvalue weighted by Crippen LogP contribution is 2.38. The minimum atomic E-state index is -0.740. The first-order chi connectivity index (χ1) is 23.3. The summed E-state index contributed by atoms with van der Waals surface area (Å²) in [4.78, 5) is 70.7. The molecule has 49 heavy (non-hydrogen) atoms. The molecule has 12 heteroatoms. The number of carbonyl (C=O) groups is 4. The highest BCUT2D eigenvalue weighted by molar-refractivity contribution is 7.09. The van der Waals surface area contributed by atoms with Gasteiger partial charge in [-0.3, -0.25) is 24.1 Å². The predicted molar refractivity (Wildman–Crippen MR) is 190 cm³/mol. The number of ketones is 1. The summed E-state index contributed by atoms with van der Waals surface area (Å²) in [5.74, 6) is 0.265. The third-order valence-corrected chi connectivity index (χ3v) is 11.1. The van der Waals surface area contributed by atoms with Crippen LogP contribution in [0.3, 0.4) is 0 Å². The van der Waals surface area contributed by atoms with Gasteiger partial charge >= 0.3 is 5.97 Å². The second-order valence-electron chi connectivity index (χ2n) is 14.8. The molecule has 1 N–H and O–H groups in total. The van der Waals surface area contributed by atoms with Gasteiger partial charge < -0.3 is 15.0 Å². The summed E-state index contributed by atoms with van der Waals surface area (Å²) in [6.07, 6.45) is 10.5. The third-order valence-electron chi connectivity index (χ3n) is 10.1. The van der Waals surface area contributed by atoms with Gasteiger partial charge in [-0.15, -0.1) is 11.3 Å². The molecular weight excluding hydrogens is 641 g/mol. The lowest BCUT2D eigenvalue weighted by Crippen LogP contribution is -2.49. The van der Waals surface area contributed by atoms with Crippen molar-refractivity contribution in [3.05, 3.63) is 40.4 Å². The van der Waals surface area contributed by atoms with E-state index < -0.39 is 12.1 Å². The SMILES string of the molecule is CC(=O)O[C@H](C[C@H](C(C)C)N(C)C(=O)[C@@H](CC(=O)[C@H]1CCCCN1C)C1CCC1)c1nc(C(=O)N[C@@H](Cc2ncccn2)CC(C)C)cs1. The molecule has 0 bridgehead atoms. The number of hydrogen-bond acceptors (Lipinski definition) is 10. The zero-order chi connectivity index (χ0) is 35.7. The molecule has 0 unspecified atom stereocenters. The number of esters is 1. The Kier molecular flexibility index (Phi) is 14.3. The standard InChI is InChI=1S/C37H56N6O5S/c1-23(2)18-27(19-34-38-15-11-16-39-34)40-35(46)29-22-49-36(41-29)33(48-25(5)44)21-31(24(3)4)43(7)37(47)28(26-12-10-13-26)20-32(45)30-14-8-9-17-42(30)6/h11,15-16,22-24,26-28,30-31,33H,8-10,12-14,17-21H2,1-7H3,(H,40,46)/t27-,28+,30-,31-,33-/m1/s1. The Labute approximate surface area is 296 Å². The lowest BCUT2D eigenvalue weighted by atomic mass is 9.72. The van der Waals surface area contributed by atoms with E-state index in [9.17, 15) is 19.2 Å². The van der Waals surface area contributed by atoms with Crippen molar-refractivity contribution in [2.75, 3.05) is 20.6 Å². The zero-order valence-electron chi connectivity index (χ0n) is 30.4. The monoisotopic (exact) mass is 696 g/mol. The number of carbonyl (C=O) groups excluding carboxylic acids is 4. The summed E-state index contributed by atoms with van der Waals surface area (Å²) in [5.41, 5.74) is 0.252. The Bertz CT molecular complexity index is 1400. The highest BCUT2D eigenvalue weighted by atomic mass is 32.1. The summed E-state index contributed by atoms with van der Waals surface area (Å²) < 4.78 is 5.81. The maximum atomic E-state index is 14.2. The number of Topliss-reactive ketones (excluding diaryl/α,β-unsaturated/α-hetero) is 1. The number of likely N-dealkylation sites (N-methyl/N-ethyl adjacent to an activating group) is 1. The lowest BCUT2D eigenvalue weighted by molar-refractivity contribution is -0.150. The molecule has 2 aromatic rings. The van der Waals surface area contributed by atoms with Gasteiger partial charge in [0.25, 0.3) is 5.91 Å². The van der Waals surface area contributed by atoms with Gasteiger partial charge in [0.05, 0.1) is 6.04 Å². The zero-order valence-corrected chi connectivity index (χ0v) is 31.2. The lowest BCUT2D eigenvalue weighted by Gasteiger charge is -2.40. The Hall–Kier alpha value is -3.25. The van der Waals surface area contributed by atoms with Crippen molar-refractivity contribution >= 4 is 34.9 Å². The molecule has 4 rings (SSSR count). The normalized spacial score (nSPS) is 19.5. The average Bonchev–Trinajstić information content (AvgIpc) is 3.52. The van der Waals surface area contributed by atoms with Crippen LogP contribution < -0.4 is 5.32 Å². The molecule has 2 amide bonds. The van der Waals surface area contributed by atoms with Gasteiger partial charge in [-0.05, 0) is 69.5 Å². The Morgan fingerprint density at radius 3 is 2.35 bits per heavy atom. The first-order valence-electron chi connectivity index (χ1n) is 18.0. The predicted octanol–water partition coefficient (Wildman–Crippen LogP) is 5.66. The van der Waals surface area contributed by atoms with E-state index in [0.29, 0.717) is 29.6 Å². The molecule has 0 radical (unpaired) electrons. The molecule has 11 nitrogen and oxygen atoms in total. The van der Waals surface area contributed by atoms with Gasteiger partial charge in [-0.25, -0.2) is 15.0 Å². The fourth-order valence-electron chi connectivity index (χ4n) is 7.27. The number of thiazole rings is 1. The largest absolute Gasteiger partial charge is 0.455 e.